The highest BCUT2D eigenvalue weighted by Crippen LogP contribution is 2.32. The molecule has 2 amide bonds. The first kappa shape index (κ1) is 17.2. The lowest BCUT2D eigenvalue weighted by Gasteiger charge is -2.30. The molecule has 0 saturated heterocycles. The van der Waals surface area contributed by atoms with Crippen LogP contribution in [0.5, 0.6) is 0 Å². The molecule has 0 saturated carbocycles. The monoisotopic (exact) mass is 336 g/mol. The minimum atomic E-state index is -0.439. The molecule has 3 rings (SSSR count). The lowest BCUT2D eigenvalue weighted by atomic mass is 9.95. The third kappa shape index (κ3) is 3.90. The predicted octanol–water partition coefficient (Wildman–Crippen LogP) is 4.15. The Labute approximate surface area is 148 Å². The van der Waals surface area contributed by atoms with Crippen molar-refractivity contribution >= 4 is 23.2 Å². The first-order valence-corrected chi connectivity index (χ1v) is 8.63. The number of anilines is 2. The van der Waals surface area contributed by atoms with Crippen LogP contribution in [-0.2, 0) is 22.6 Å². The van der Waals surface area contributed by atoms with Crippen molar-refractivity contribution in [3.05, 3.63) is 59.7 Å². The van der Waals surface area contributed by atoms with Crippen LogP contribution in [0.4, 0.5) is 11.4 Å². The third-order valence-corrected chi connectivity index (χ3v) is 4.40. The number of nitrogens with zero attached hydrogens (tertiary/aromatic N) is 1. The summed E-state index contributed by atoms with van der Waals surface area (Å²) in [7, 11) is 0. The first-order chi connectivity index (χ1) is 11.8. The lowest BCUT2D eigenvalue weighted by molar-refractivity contribution is -0.123. The largest absolute Gasteiger partial charge is 0.326 e. The summed E-state index contributed by atoms with van der Waals surface area (Å²) in [5, 5.41) is 2.97. The topological polar surface area (TPSA) is 49.4 Å². The predicted molar refractivity (Wildman–Crippen MR) is 100 cm³/mol. The van der Waals surface area contributed by atoms with E-state index in [1.807, 2.05) is 74.2 Å². The fourth-order valence-corrected chi connectivity index (χ4v) is 2.90. The summed E-state index contributed by atoms with van der Waals surface area (Å²) in [6.45, 7) is 6.24. The molecule has 1 heterocycles. The van der Waals surface area contributed by atoms with E-state index in [1.54, 1.807) is 0 Å². The van der Waals surface area contributed by atoms with Crippen LogP contribution in [0.3, 0.4) is 0 Å². The maximum absolute atomic E-state index is 12.4. The summed E-state index contributed by atoms with van der Waals surface area (Å²) in [4.78, 5) is 26.4. The summed E-state index contributed by atoms with van der Waals surface area (Å²) in [5.74, 6) is 0.128. The Hall–Kier alpha value is -2.62. The van der Waals surface area contributed by atoms with Gasteiger partial charge in [0.05, 0.1) is 6.54 Å². The number of carbonyl (C=O) groups is 2. The Morgan fingerprint density at radius 2 is 1.80 bits per heavy atom. The van der Waals surface area contributed by atoms with Gasteiger partial charge in [-0.3, -0.25) is 9.59 Å². The second kappa shape index (κ2) is 6.71. The van der Waals surface area contributed by atoms with Crippen LogP contribution < -0.4 is 10.2 Å². The Morgan fingerprint density at radius 3 is 2.48 bits per heavy atom. The van der Waals surface area contributed by atoms with Gasteiger partial charge in [-0.25, -0.2) is 0 Å². The summed E-state index contributed by atoms with van der Waals surface area (Å²) >= 11 is 0. The minimum absolute atomic E-state index is 0.0134. The number of aryl methyl sites for hydroxylation is 1. The Kier molecular flexibility index (Phi) is 4.62. The van der Waals surface area contributed by atoms with Crippen molar-refractivity contribution in [3.63, 3.8) is 0 Å². The van der Waals surface area contributed by atoms with Crippen molar-refractivity contribution in [2.75, 3.05) is 10.2 Å². The number of amides is 2. The SMILES string of the molecule is CC(C)(C)C(=O)Nc1ccc2c(c1)CCC(=O)N2Cc1ccccc1. The van der Waals surface area contributed by atoms with Crippen LogP contribution >= 0.6 is 0 Å². The highest BCUT2D eigenvalue weighted by molar-refractivity contribution is 5.98. The van der Waals surface area contributed by atoms with E-state index in [0.29, 0.717) is 19.4 Å². The molecule has 0 unspecified atom stereocenters. The quantitative estimate of drug-likeness (QED) is 0.915. The molecule has 25 heavy (non-hydrogen) atoms. The molecular weight excluding hydrogens is 312 g/mol. The first-order valence-electron chi connectivity index (χ1n) is 8.63. The Balaban J connectivity index is 1.84. The van der Waals surface area contributed by atoms with Gasteiger partial charge in [0.1, 0.15) is 0 Å². The van der Waals surface area contributed by atoms with E-state index in [0.717, 1.165) is 22.5 Å². The molecule has 1 N–H and O–H groups in total. The van der Waals surface area contributed by atoms with Gasteiger partial charge in [0.2, 0.25) is 11.8 Å². The van der Waals surface area contributed by atoms with E-state index in [9.17, 15) is 9.59 Å². The lowest BCUT2D eigenvalue weighted by Crippen LogP contribution is -2.34. The molecule has 4 heteroatoms. The number of fused-ring (bicyclic) bond motifs is 1. The zero-order chi connectivity index (χ0) is 18.0. The number of rotatable bonds is 3. The highest BCUT2D eigenvalue weighted by Gasteiger charge is 2.25. The molecular formula is C21H24N2O2. The van der Waals surface area contributed by atoms with Crippen molar-refractivity contribution in [1.29, 1.82) is 0 Å². The van der Waals surface area contributed by atoms with E-state index in [4.69, 9.17) is 0 Å². The summed E-state index contributed by atoms with van der Waals surface area (Å²) < 4.78 is 0. The molecule has 0 spiro atoms. The van der Waals surface area contributed by atoms with Gasteiger partial charge in [-0.2, -0.15) is 0 Å². The van der Waals surface area contributed by atoms with Crippen LogP contribution in [0.25, 0.3) is 0 Å². The van der Waals surface area contributed by atoms with Gasteiger partial charge in [-0.1, -0.05) is 51.1 Å². The number of hydrogen-bond acceptors (Lipinski definition) is 2. The normalized spacial score (nSPS) is 14.2. The standard InChI is InChI=1S/C21H24N2O2/c1-21(2,3)20(25)22-17-10-11-18-16(13-17)9-12-19(24)23(18)14-15-7-5-4-6-8-15/h4-8,10-11,13H,9,12,14H2,1-3H3,(H,22,25). The minimum Gasteiger partial charge on any atom is -0.326 e. The molecule has 2 aromatic rings. The molecule has 0 radical (unpaired) electrons. The molecule has 0 atom stereocenters. The van der Waals surface area contributed by atoms with Crippen molar-refractivity contribution in [1.82, 2.24) is 0 Å². The van der Waals surface area contributed by atoms with Gasteiger partial charge in [0, 0.05) is 23.2 Å². The van der Waals surface area contributed by atoms with Gasteiger partial charge in [-0.05, 0) is 35.7 Å². The molecule has 0 bridgehead atoms. The van der Waals surface area contributed by atoms with E-state index in [2.05, 4.69) is 5.32 Å². The molecule has 0 fully saturated rings. The second-order valence-electron chi connectivity index (χ2n) is 7.51. The van der Waals surface area contributed by atoms with E-state index < -0.39 is 5.41 Å². The fraction of sp³-hybridized carbons (Fsp3) is 0.333. The summed E-state index contributed by atoms with van der Waals surface area (Å²) in [5.41, 5.74) is 3.49. The van der Waals surface area contributed by atoms with Crippen molar-refractivity contribution in [2.24, 2.45) is 5.41 Å². The maximum Gasteiger partial charge on any atom is 0.229 e. The van der Waals surface area contributed by atoms with Crippen LogP contribution in [0.1, 0.15) is 38.3 Å². The fourth-order valence-electron chi connectivity index (χ4n) is 2.90. The van der Waals surface area contributed by atoms with E-state index in [-0.39, 0.29) is 11.8 Å². The number of benzene rings is 2. The number of carbonyl (C=O) groups excluding carboxylic acids is 2. The third-order valence-electron chi connectivity index (χ3n) is 4.40. The second-order valence-corrected chi connectivity index (χ2v) is 7.51. The van der Waals surface area contributed by atoms with Gasteiger partial charge < -0.3 is 10.2 Å². The summed E-state index contributed by atoms with van der Waals surface area (Å²) in [6, 6.07) is 15.8. The zero-order valence-electron chi connectivity index (χ0n) is 15.0. The molecule has 0 aromatic heterocycles. The van der Waals surface area contributed by atoms with E-state index >= 15 is 0 Å². The van der Waals surface area contributed by atoms with Crippen LogP contribution in [0.2, 0.25) is 0 Å². The van der Waals surface area contributed by atoms with Gasteiger partial charge >= 0.3 is 0 Å². The molecule has 0 aliphatic carbocycles. The average molecular weight is 336 g/mol. The van der Waals surface area contributed by atoms with Crippen LogP contribution in [-0.4, -0.2) is 11.8 Å². The molecule has 1 aliphatic heterocycles. The van der Waals surface area contributed by atoms with Crippen molar-refractivity contribution in [3.8, 4) is 0 Å². The number of nitrogens with one attached hydrogen (secondary N) is 1. The van der Waals surface area contributed by atoms with Crippen molar-refractivity contribution in [2.45, 2.75) is 40.2 Å². The smallest absolute Gasteiger partial charge is 0.229 e. The summed E-state index contributed by atoms with van der Waals surface area (Å²) in [6.07, 6.45) is 1.20. The van der Waals surface area contributed by atoms with Crippen molar-refractivity contribution < 1.29 is 9.59 Å². The average Bonchev–Trinajstić information content (AvgIpc) is 2.57. The van der Waals surface area contributed by atoms with Gasteiger partial charge in [-0.15, -0.1) is 0 Å². The van der Waals surface area contributed by atoms with Gasteiger partial charge in [0.25, 0.3) is 0 Å². The maximum atomic E-state index is 12.4. The Morgan fingerprint density at radius 1 is 1.08 bits per heavy atom. The van der Waals surface area contributed by atoms with Gasteiger partial charge in [0.15, 0.2) is 0 Å². The van der Waals surface area contributed by atoms with E-state index in [1.165, 1.54) is 0 Å². The zero-order valence-corrected chi connectivity index (χ0v) is 15.0. The Bertz CT molecular complexity index is 791. The molecule has 2 aromatic carbocycles. The highest BCUT2D eigenvalue weighted by atomic mass is 16.2. The molecule has 4 nitrogen and oxygen atoms in total. The number of hydrogen-bond donors (Lipinski definition) is 1. The van der Waals surface area contributed by atoms with Crippen LogP contribution in [0, 0.1) is 5.41 Å². The molecule has 1 aliphatic rings. The molecule has 130 valence electrons. The van der Waals surface area contributed by atoms with Crippen LogP contribution in [0.15, 0.2) is 48.5 Å².